The van der Waals surface area contributed by atoms with E-state index in [2.05, 4.69) is 4.98 Å². The zero-order valence-electron chi connectivity index (χ0n) is 9.61. The Bertz CT molecular complexity index is 712. The first kappa shape index (κ1) is 14.2. The molecule has 0 aliphatic rings. The first-order valence-corrected chi connectivity index (χ1v) is 5.23. The van der Waals surface area contributed by atoms with Crippen molar-refractivity contribution in [2.24, 2.45) is 0 Å². The summed E-state index contributed by atoms with van der Waals surface area (Å²) in [6, 6.07) is 1.70. The molecular weight excluding hydrogens is 285 g/mol. The highest BCUT2D eigenvalue weighted by atomic mass is 19.2. The largest absolute Gasteiger partial charge is 0.390 e. The van der Waals surface area contributed by atoms with Crippen LogP contribution in [-0.4, -0.2) is 10.1 Å². The van der Waals surface area contributed by atoms with E-state index in [9.17, 15) is 26.7 Å². The Balaban J connectivity index is 2.87. The second-order valence-corrected chi connectivity index (χ2v) is 3.82. The van der Waals surface area contributed by atoms with Gasteiger partial charge in [-0.2, -0.15) is 0 Å². The van der Waals surface area contributed by atoms with Crippen LogP contribution in [0.2, 0.25) is 0 Å². The molecule has 0 aliphatic carbocycles. The summed E-state index contributed by atoms with van der Waals surface area (Å²) in [7, 11) is 0. The highest BCUT2D eigenvalue weighted by Gasteiger charge is 2.27. The number of aliphatic hydroxyl groups excluding tert-OH is 1. The van der Waals surface area contributed by atoms with Gasteiger partial charge in [0.1, 0.15) is 0 Å². The summed E-state index contributed by atoms with van der Waals surface area (Å²) >= 11 is 0. The monoisotopic (exact) mass is 291 g/mol. The zero-order valence-corrected chi connectivity index (χ0v) is 9.61. The van der Waals surface area contributed by atoms with Gasteiger partial charge in [-0.1, -0.05) is 0 Å². The van der Waals surface area contributed by atoms with E-state index in [1.54, 1.807) is 0 Å². The lowest BCUT2D eigenvalue weighted by atomic mass is 10.0. The average molecular weight is 291 g/mol. The van der Waals surface area contributed by atoms with Crippen molar-refractivity contribution >= 4 is 0 Å². The number of aromatic nitrogens is 1. The number of benzene rings is 1. The molecule has 1 aromatic carbocycles. The highest BCUT2D eigenvalue weighted by Crippen LogP contribution is 2.32. The van der Waals surface area contributed by atoms with Crippen molar-refractivity contribution in [3.63, 3.8) is 0 Å². The quantitative estimate of drug-likeness (QED) is 0.506. The Kier molecular flexibility index (Phi) is 3.58. The van der Waals surface area contributed by atoms with E-state index in [-0.39, 0.29) is 5.69 Å². The van der Waals surface area contributed by atoms with E-state index >= 15 is 0 Å². The van der Waals surface area contributed by atoms with E-state index < -0.39 is 52.4 Å². The van der Waals surface area contributed by atoms with Crippen molar-refractivity contribution in [1.29, 1.82) is 0 Å². The number of rotatable bonds is 2. The normalized spacial score (nSPS) is 10.9. The number of halogens is 5. The van der Waals surface area contributed by atoms with Crippen molar-refractivity contribution < 1.29 is 27.1 Å². The molecule has 0 saturated carbocycles. The van der Waals surface area contributed by atoms with Crippen LogP contribution in [0.25, 0.3) is 11.1 Å². The minimum atomic E-state index is -2.28. The lowest BCUT2D eigenvalue weighted by Crippen LogP contribution is -2.11. The van der Waals surface area contributed by atoms with Gasteiger partial charge in [-0.25, -0.2) is 22.0 Å². The van der Waals surface area contributed by atoms with Crippen molar-refractivity contribution in [3.05, 3.63) is 57.3 Å². The van der Waals surface area contributed by atoms with Gasteiger partial charge in [-0.05, 0) is 6.07 Å². The molecule has 2 N–H and O–H groups in total. The van der Waals surface area contributed by atoms with Crippen LogP contribution >= 0.6 is 0 Å². The number of nitrogens with one attached hydrogen (secondary N) is 1. The molecule has 0 saturated heterocycles. The topological polar surface area (TPSA) is 53.1 Å². The molecule has 8 heteroatoms. The van der Waals surface area contributed by atoms with Crippen LogP contribution in [0, 0.1) is 29.1 Å². The summed E-state index contributed by atoms with van der Waals surface area (Å²) in [5.41, 5.74) is -2.75. The maximum atomic E-state index is 13.6. The summed E-state index contributed by atoms with van der Waals surface area (Å²) in [6.45, 7) is -0.842. The number of aliphatic hydroxyl groups is 1. The number of aromatic amines is 1. The molecule has 3 nitrogen and oxygen atoms in total. The van der Waals surface area contributed by atoms with Crippen molar-refractivity contribution in [2.75, 3.05) is 0 Å². The SMILES string of the molecule is O=c1ccc(-c2c(F)c(F)c(F)c(F)c2F)c(CO)[nH]1. The van der Waals surface area contributed by atoms with E-state index in [1.165, 1.54) is 0 Å². The second-order valence-electron chi connectivity index (χ2n) is 3.82. The Labute approximate surface area is 108 Å². The van der Waals surface area contributed by atoms with E-state index in [4.69, 9.17) is 5.11 Å². The lowest BCUT2D eigenvalue weighted by molar-refractivity contribution is 0.277. The molecule has 0 bridgehead atoms. The van der Waals surface area contributed by atoms with Gasteiger partial charge in [0.25, 0.3) is 0 Å². The molecule has 2 aromatic rings. The van der Waals surface area contributed by atoms with Gasteiger partial charge in [0.15, 0.2) is 23.3 Å². The molecule has 0 amide bonds. The smallest absolute Gasteiger partial charge is 0.248 e. The fourth-order valence-electron chi connectivity index (χ4n) is 1.72. The van der Waals surface area contributed by atoms with Gasteiger partial charge in [0.05, 0.1) is 17.9 Å². The van der Waals surface area contributed by atoms with E-state index in [0.29, 0.717) is 0 Å². The lowest BCUT2D eigenvalue weighted by Gasteiger charge is -2.11. The molecule has 106 valence electrons. The number of hydrogen-bond acceptors (Lipinski definition) is 2. The Hall–Kier alpha value is -2.22. The standard InChI is InChI=1S/C12H6F5NO2/c13-8-7(9(14)11(16)12(17)10(8)15)4-1-2-6(20)18-5(4)3-19/h1-2,19H,3H2,(H,18,20). The Morgan fingerprint density at radius 1 is 0.900 bits per heavy atom. The van der Waals surface area contributed by atoms with Crippen molar-refractivity contribution in [2.45, 2.75) is 6.61 Å². The molecule has 20 heavy (non-hydrogen) atoms. The molecule has 1 heterocycles. The van der Waals surface area contributed by atoms with Crippen LogP contribution < -0.4 is 5.56 Å². The minimum Gasteiger partial charge on any atom is -0.390 e. The van der Waals surface area contributed by atoms with Gasteiger partial charge in [-0.15, -0.1) is 0 Å². The second kappa shape index (κ2) is 5.04. The third-order valence-corrected chi connectivity index (χ3v) is 2.64. The number of pyridine rings is 1. The van der Waals surface area contributed by atoms with Gasteiger partial charge in [0.2, 0.25) is 11.4 Å². The van der Waals surface area contributed by atoms with Gasteiger partial charge >= 0.3 is 0 Å². The molecule has 1 aromatic heterocycles. The molecule has 2 rings (SSSR count). The molecule has 0 spiro atoms. The van der Waals surface area contributed by atoms with Gasteiger partial charge < -0.3 is 10.1 Å². The fourth-order valence-corrected chi connectivity index (χ4v) is 1.72. The summed E-state index contributed by atoms with van der Waals surface area (Å²) in [5.74, 6) is -10.6. The number of hydrogen-bond donors (Lipinski definition) is 2. The molecule has 0 aliphatic heterocycles. The molecule has 0 atom stereocenters. The summed E-state index contributed by atoms with van der Waals surface area (Å²) in [5, 5.41) is 9.00. The Morgan fingerprint density at radius 2 is 1.40 bits per heavy atom. The molecule has 0 unspecified atom stereocenters. The third-order valence-electron chi connectivity index (χ3n) is 2.64. The first-order chi connectivity index (χ1) is 9.38. The molecule has 0 radical (unpaired) electrons. The Morgan fingerprint density at radius 3 is 1.90 bits per heavy atom. The molecule has 0 fully saturated rings. The van der Waals surface area contributed by atoms with Crippen molar-refractivity contribution in [3.8, 4) is 11.1 Å². The van der Waals surface area contributed by atoms with Crippen LogP contribution in [0.3, 0.4) is 0 Å². The van der Waals surface area contributed by atoms with Gasteiger partial charge in [0, 0.05) is 11.6 Å². The molecular formula is C12H6F5NO2. The fraction of sp³-hybridized carbons (Fsp3) is 0.0833. The van der Waals surface area contributed by atoms with E-state index in [1.807, 2.05) is 0 Å². The van der Waals surface area contributed by atoms with Gasteiger partial charge in [-0.3, -0.25) is 4.79 Å². The number of H-pyrrole nitrogens is 1. The predicted octanol–water partition coefficient (Wildman–Crippen LogP) is 2.23. The maximum absolute atomic E-state index is 13.6. The first-order valence-electron chi connectivity index (χ1n) is 5.23. The van der Waals surface area contributed by atoms with E-state index in [0.717, 1.165) is 12.1 Å². The average Bonchev–Trinajstić information content (AvgIpc) is 2.44. The van der Waals surface area contributed by atoms with Crippen LogP contribution in [0.5, 0.6) is 0 Å². The van der Waals surface area contributed by atoms with Crippen LogP contribution in [0.15, 0.2) is 16.9 Å². The zero-order chi connectivity index (χ0) is 15.0. The van der Waals surface area contributed by atoms with Crippen molar-refractivity contribution in [1.82, 2.24) is 4.98 Å². The van der Waals surface area contributed by atoms with Crippen LogP contribution in [0.4, 0.5) is 22.0 Å². The summed E-state index contributed by atoms with van der Waals surface area (Å²) in [6.07, 6.45) is 0. The van der Waals surface area contributed by atoms with Crippen LogP contribution in [-0.2, 0) is 6.61 Å². The minimum absolute atomic E-state index is 0.360. The van der Waals surface area contributed by atoms with Crippen LogP contribution in [0.1, 0.15) is 5.69 Å². The summed E-state index contributed by atoms with van der Waals surface area (Å²) in [4.78, 5) is 13.1. The highest BCUT2D eigenvalue weighted by molar-refractivity contribution is 5.67. The third kappa shape index (κ3) is 2.07. The summed E-state index contributed by atoms with van der Waals surface area (Å²) < 4.78 is 66.4. The predicted molar refractivity (Wildman–Crippen MR) is 58.2 cm³/mol. The maximum Gasteiger partial charge on any atom is 0.248 e.